The van der Waals surface area contributed by atoms with Crippen LogP contribution < -0.4 is 5.32 Å². The molecule has 0 saturated carbocycles. The van der Waals surface area contributed by atoms with Crippen LogP contribution >= 0.6 is 11.6 Å². The van der Waals surface area contributed by atoms with Gasteiger partial charge in [-0.25, -0.2) is 0 Å². The Balaban J connectivity index is 1.81. The molecule has 18 heavy (non-hydrogen) atoms. The Labute approximate surface area is 113 Å². The van der Waals surface area contributed by atoms with Gasteiger partial charge in [-0.3, -0.25) is 4.79 Å². The number of carbonyl (C=O) groups excluding carboxylic acids is 1. The van der Waals surface area contributed by atoms with Crippen molar-refractivity contribution in [1.29, 1.82) is 0 Å². The normalized spacial score (nSPS) is 16.4. The first-order chi connectivity index (χ1) is 8.75. The number of carbonyl (C=O) groups is 1. The lowest BCUT2D eigenvalue weighted by molar-refractivity contribution is -0.130. The molecule has 1 aliphatic rings. The van der Waals surface area contributed by atoms with E-state index in [0.717, 1.165) is 44.0 Å². The fourth-order valence-electron chi connectivity index (χ4n) is 2.16. The SMILES string of the molecule is O=C(CCc1ccc(Cl)cc1)N1CCCNCC1. The van der Waals surface area contributed by atoms with E-state index in [1.165, 1.54) is 5.56 Å². The first-order valence-electron chi connectivity index (χ1n) is 6.48. The van der Waals surface area contributed by atoms with Crippen LogP contribution in [0.1, 0.15) is 18.4 Å². The third-order valence-corrected chi connectivity index (χ3v) is 3.49. The summed E-state index contributed by atoms with van der Waals surface area (Å²) in [5.41, 5.74) is 1.17. The minimum absolute atomic E-state index is 0.258. The Bertz CT molecular complexity index is 383. The van der Waals surface area contributed by atoms with Gasteiger partial charge < -0.3 is 10.2 Å². The van der Waals surface area contributed by atoms with E-state index in [1.54, 1.807) is 0 Å². The number of hydrogen-bond donors (Lipinski definition) is 1. The minimum atomic E-state index is 0.258. The van der Waals surface area contributed by atoms with E-state index in [4.69, 9.17) is 11.6 Å². The summed E-state index contributed by atoms with van der Waals surface area (Å²) in [6.07, 6.45) is 2.42. The molecule has 1 amide bonds. The number of rotatable bonds is 3. The van der Waals surface area contributed by atoms with Gasteiger partial charge in [-0.1, -0.05) is 23.7 Å². The summed E-state index contributed by atoms with van der Waals surface area (Å²) in [5.74, 6) is 0.258. The lowest BCUT2D eigenvalue weighted by atomic mass is 10.1. The van der Waals surface area contributed by atoms with Crippen LogP contribution in [-0.2, 0) is 11.2 Å². The predicted octanol–water partition coefficient (Wildman–Crippen LogP) is 2.09. The smallest absolute Gasteiger partial charge is 0.222 e. The second-order valence-electron chi connectivity index (χ2n) is 4.61. The molecule has 0 aliphatic carbocycles. The van der Waals surface area contributed by atoms with Gasteiger partial charge >= 0.3 is 0 Å². The first-order valence-corrected chi connectivity index (χ1v) is 6.86. The van der Waals surface area contributed by atoms with Gasteiger partial charge in [0.15, 0.2) is 0 Å². The maximum atomic E-state index is 12.1. The van der Waals surface area contributed by atoms with Crippen LogP contribution in [0.3, 0.4) is 0 Å². The summed E-state index contributed by atoms with van der Waals surface area (Å²) in [6.45, 7) is 3.64. The number of nitrogens with one attached hydrogen (secondary N) is 1. The quantitative estimate of drug-likeness (QED) is 0.909. The zero-order chi connectivity index (χ0) is 12.8. The molecule has 0 aromatic heterocycles. The average Bonchev–Trinajstić information content (AvgIpc) is 2.66. The van der Waals surface area contributed by atoms with Gasteiger partial charge in [0.05, 0.1) is 0 Å². The summed E-state index contributed by atoms with van der Waals surface area (Å²) >= 11 is 5.83. The van der Waals surface area contributed by atoms with Crippen LogP contribution in [0.15, 0.2) is 24.3 Å². The number of hydrogen-bond acceptors (Lipinski definition) is 2. The lowest BCUT2D eigenvalue weighted by Crippen LogP contribution is -2.34. The molecule has 1 fully saturated rings. The summed E-state index contributed by atoms with van der Waals surface area (Å²) in [6, 6.07) is 7.72. The van der Waals surface area contributed by atoms with Crippen molar-refractivity contribution >= 4 is 17.5 Å². The highest BCUT2D eigenvalue weighted by molar-refractivity contribution is 6.30. The Morgan fingerprint density at radius 3 is 2.78 bits per heavy atom. The predicted molar refractivity (Wildman–Crippen MR) is 73.8 cm³/mol. The Kier molecular flexibility index (Phi) is 5.02. The van der Waals surface area contributed by atoms with E-state index < -0.39 is 0 Å². The Hall–Kier alpha value is -1.06. The summed E-state index contributed by atoms with van der Waals surface area (Å²) in [7, 11) is 0. The van der Waals surface area contributed by atoms with Gasteiger partial charge in [0.2, 0.25) is 5.91 Å². The molecule has 1 aromatic carbocycles. The molecule has 4 heteroatoms. The zero-order valence-electron chi connectivity index (χ0n) is 10.5. The molecule has 0 radical (unpaired) electrons. The van der Waals surface area contributed by atoms with Crippen LogP contribution in [0.2, 0.25) is 5.02 Å². The van der Waals surface area contributed by atoms with Crippen molar-refractivity contribution < 1.29 is 4.79 Å². The van der Waals surface area contributed by atoms with E-state index in [9.17, 15) is 4.79 Å². The van der Waals surface area contributed by atoms with Crippen LogP contribution in [-0.4, -0.2) is 37.0 Å². The van der Waals surface area contributed by atoms with Crippen LogP contribution in [0.5, 0.6) is 0 Å². The summed E-state index contributed by atoms with van der Waals surface area (Å²) < 4.78 is 0. The van der Waals surface area contributed by atoms with Gasteiger partial charge in [0.1, 0.15) is 0 Å². The molecule has 1 N–H and O–H groups in total. The molecular weight excluding hydrogens is 248 g/mol. The van der Waals surface area contributed by atoms with Crippen molar-refractivity contribution in [2.75, 3.05) is 26.2 Å². The van der Waals surface area contributed by atoms with Gasteiger partial charge in [-0.2, -0.15) is 0 Å². The molecule has 1 heterocycles. The zero-order valence-corrected chi connectivity index (χ0v) is 11.2. The monoisotopic (exact) mass is 266 g/mol. The van der Waals surface area contributed by atoms with Crippen molar-refractivity contribution in [1.82, 2.24) is 10.2 Å². The molecule has 1 aromatic rings. The van der Waals surface area contributed by atoms with E-state index in [1.807, 2.05) is 29.2 Å². The number of amides is 1. The molecule has 98 valence electrons. The number of nitrogens with zero attached hydrogens (tertiary/aromatic N) is 1. The summed E-state index contributed by atoms with van der Waals surface area (Å²) in [5, 5.41) is 4.04. The van der Waals surface area contributed by atoms with Crippen LogP contribution in [0, 0.1) is 0 Å². The third kappa shape index (κ3) is 4.00. The fourth-order valence-corrected chi connectivity index (χ4v) is 2.28. The minimum Gasteiger partial charge on any atom is -0.341 e. The van der Waals surface area contributed by atoms with Gasteiger partial charge in [0.25, 0.3) is 0 Å². The molecule has 0 atom stereocenters. The van der Waals surface area contributed by atoms with Crippen molar-refractivity contribution in [3.8, 4) is 0 Å². The Morgan fingerprint density at radius 1 is 1.22 bits per heavy atom. The van der Waals surface area contributed by atoms with E-state index in [2.05, 4.69) is 5.32 Å². The Morgan fingerprint density at radius 2 is 2.00 bits per heavy atom. The molecule has 1 saturated heterocycles. The largest absolute Gasteiger partial charge is 0.341 e. The average molecular weight is 267 g/mol. The van der Waals surface area contributed by atoms with Gasteiger partial charge in [0, 0.05) is 31.1 Å². The van der Waals surface area contributed by atoms with E-state index in [0.29, 0.717) is 6.42 Å². The third-order valence-electron chi connectivity index (χ3n) is 3.23. The molecule has 3 nitrogen and oxygen atoms in total. The van der Waals surface area contributed by atoms with Crippen molar-refractivity contribution in [2.45, 2.75) is 19.3 Å². The molecular formula is C14H19ClN2O. The van der Waals surface area contributed by atoms with Gasteiger partial charge in [-0.15, -0.1) is 0 Å². The second-order valence-corrected chi connectivity index (χ2v) is 5.05. The first kappa shape index (κ1) is 13.4. The topological polar surface area (TPSA) is 32.3 Å². The number of benzene rings is 1. The molecule has 0 spiro atoms. The van der Waals surface area contributed by atoms with Gasteiger partial charge in [-0.05, 0) is 37.1 Å². The van der Waals surface area contributed by atoms with Crippen molar-refractivity contribution in [3.05, 3.63) is 34.9 Å². The van der Waals surface area contributed by atoms with Crippen molar-refractivity contribution in [3.63, 3.8) is 0 Å². The highest BCUT2D eigenvalue weighted by Gasteiger charge is 2.14. The maximum Gasteiger partial charge on any atom is 0.222 e. The molecule has 0 unspecified atom stereocenters. The van der Waals surface area contributed by atoms with Crippen molar-refractivity contribution in [2.24, 2.45) is 0 Å². The molecule has 2 rings (SSSR count). The molecule has 1 aliphatic heterocycles. The van der Waals surface area contributed by atoms with E-state index >= 15 is 0 Å². The summed E-state index contributed by atoms with van der Waals surface area (Å²) in [4.78, 5) is 14.0. The van der Waals surface area contributed by atoms with Crippen LogP contribution in [0.25, 0.3) is 0 Å². The highest BCUT2D eigenvalue weighted by Crippen LogP contribution is 2.11. The second kappa shape index (κ2) is 6.76. The maximum absolute atomic E-state index is 12.1. The fraction of sp³-hybridized carbons (Fsp3) is 0.500. The lowest BCUT2D eigenvalue weighted by Gasteiger charge is -2.19. The molecule has 0 bridgehead atoms. The number of halogens is 1. The standard InChI is InChI=1S/C14H19ClN2O/c15-13-5-2-12(3-6-13)4-7-14(18)17-10-1-8-16-9-11-17/h2-3,5-6,16H,1,4,7-11H2. The number of aryl methyl sites for hydroxylation is 1. The van der Waals surface area contributed by atoms with Crippen LogP contribution in [0.4, 0.5) is 0 Å². The van der Waals surface area contributed by atoms with E-state index in [-0.39, 0.29) is 5.91 Å². The highest BCUT2D eigenvalue weighted by atomic mass is 35.5.